The molecule has 0 unspecified atom stereocenters. The predicted octanol–water partition coefficient (Wildman–Crippen LogP) is 3.87. The third-order valence-electron chi connectivity index (χ3n) is 4.12. The van der Waals surface area contributed by atoms with Crippen LogP contribution in [0.2, 0.25) is 0 Å². The van der Waals surface area contributed by atoms with Gasteiger partial charge in [-0.2, -0.15) is 8.42 Å². The second-order valence-corrected chi connectivity index (χ2v) is 7.98. The van der Waals surface area contributed by atoms with Gasteiger partial charge in [-0.05, 0) is 42.7 Å². The summed E-state index contributed by atoms with van der Waals surface area (Å²) in [4.78, 5) is 14.5. The van der Waals surface area contributed by atoms with Crippen LogP contribution in [0.4, 0.5) is 0 Å². The molecule has 0 aromatic heterocycles. The lowest BCUT2D eigenvalue weighted by Crippen LogP contribution is -2.36. The quantitative estimate of drug-likeness (QED) is 0.510. The molecule has 0 aliphatic carbocycles. The highest BCUT2D eigenvalue weighted by Crippen LogP contribution is 2.18. The number of carbonyl (C=O) groups excluding carboxylic acids is 1. The Hall–Kier alpha value is -2.60. The van der Waals surface area contributed by atoms with Gasteiger partial charge in [0.25, 0.3) is 0 Å². The fraction of sp³-hybridized carbons (Fsp3) is 0.286. The van der Waals surface area contributed by atoms with E-state index < -0.39 is 10.1 Å². The van der Waals surface area contributed by atoms with E-state index in [1.54, 1.807) is 35.3 Å². The lowest BCUT2D eigenvalue weighted by molar-refractivity contribution is -0.128. The second-order valence-electron chi connectivity index (χ2n) is 6.40. The lowest BCUT2D eigenvalue weighted by atomic mass is 10.1. The van der Waals surface area contributed by atoms with Gasteiger partial charge in [0.05, 0.1) is 6.26 Å². The van der Waals surface area contributed by atoms with Crippen molar-refractivity contribution in [3.63, 3.8) is 0 Å². The molecule has 0 saturated heterocycles. The standard InChI is InChI=1S/C21H25NO4S/c1-4-17(2)22(21(23)14-13-18-9-6-5-7-10-18)16-19-11-8-12-20(15-19)26-27(3,24)25/h5-15,17H,4,16H2,1-3H3/b14-13+/t17-/m0/s1. The van der Waals surface area contributed by atoms with E-state index in [0.717, 1.165) is 23.8 Å². The van der Waals surface area contributed by atoms with Gasteiger partial charge in [-0.3, -0.25) is 4.79 Å². The maximum Gasteiger partial charge on any atom is 0.306 e. The first kappa shape index (κ1) is 20.7. The number of hydrogen-bond acceptors (Lipinski definition) is 4. The Morgan fingerprint density at radius 3 is 2.48 bits per heavy atom. The lowest BCUT2D eigenvalue weighted by Gasteiger charge is -2.28. The first-order valence-corrected chi connectivity index (χ1v) is 10.6. The maximum atomic E-state index is 12.7. The second kappa shape index (κ2) is 9.37. The zero-order valence-electron chi connectivity index (χ0n) is 15.8. The van der Waals surface area contributed by atoms with E-state index in [9.17, 15) is 13.2 Å². The van der Waals surface area contributed by atoms with Crippen molar-refractivity contribution in [1.29, 1.82) is 0 Å². The molecule has 0 heterocycles. The van der Waals surface area contributed by atoms with E-state index in [2.05, 4.69) is 0 Å². The minimum atomic E-state index is -3.59. The van der Waals surface area contributed by atoms with Gasteiger partial charge in [0.15, 0.2) is 0 Å². The van der Waals surface area contributed by atoms with Crippen molar-refractivity contribution < 1.29 is 17.4 Å². The highest BCUT2D eigenvalue weighted by atomic mass is 32.2. The summed E-state index contributed by atoms with van der Waals surface area (Å²) in [6.07, 6.45) is 5.17. The highest BCUT2D eigenvalue weighted by Gasteiger charge is 2.17. The summed E-state index contributed by atoms with van der Waals surface area (Å²) in [7, 11) is -3.59. The van der Waals surface area contributed by atoms with Crippen LogP contribution in [0.1, 0.15) is 31.4 Å². The van der Waals surface area contributed by atoms with E-state index in [0.29, 0.717) is 6.54 Å². The van der Waals surface area contributed by atoms with E-state index >= 15 is 0 Å². The largest absolute Gasteiger partial charge is 0.383 e. The Labute approximate surface area is 161 Å². The Morgan fingerprint density at radius 1 is 1.15 bits per heavy atom. The fourth-order valence-corrected chi connectivity index (χ4v) is 3.02. The molecule has 0 bridgehead atoms. The zero-order valence-corrected chi connectivity index (χ0v) is 16.6. The summed E-state index contributed by atoms with van der Waals surface area (Å²) < 4.78 is 27.6. The van der Waals surface area contributed by atoms with Crippen LogP contribution in [0.5, 0.6) is 5.75 Å². The number of hydrogen-bond donors (Lipinski definition) is 0. The van der Waals surface area contributed by atoms with Gasteiger partial charge >= 0.3 is 10.1 Å². The van der Waals surface area contributed by atoms with Crippen LogP contribution in [0.3, 0.4) is 0 Å². The van der Waals surface area contributed by atoms with Gasteiger partial charge < -0.3 is 9.08 Å². The molecular formula is C21H25NO4S. The molecule has 0 saturated carbocycles. The van der Waals surface area contributed by atoms with Gasteiger partial charge in [-0.15, -0.1) is 0 Å². The number of rotatable bonds is 8. The van der Waals surface area contributed by atoms with Crippen molar-refractivity contribution in [1.82, 2.24) is 4.90 Å². The zero-order chi connectivity index (χ0) is 19.9. The van der Waals surface area contributed by atoms with Crippen LogP contribution in [0.25, 0.3) is 6.08 Å². The average Bonchev–Trinajstić information content (AvgIpc) is 2.63. The molecule has 1 atom stereocenters. The van der Waals surface area contributed by atoms with E-state index in [-0.39, 0.29) is 17.7 Å². The normalized spacial score (nSPS) is 12.7. The number of amides is 1. The van der Waals surface area contributed by atoms with Crippen molar-refractivity contribution in [3.8, 4) is 5.75 Å². The summed E-state index contributed by atoms with van der Waals surface area (Å²) in [5.41, 5.74) is 1.76. The van der Waals surface area contributed by atoms with Crippen LogP contribution < -0.4 is 4.18 Å². The highest BCUT2D eigenvalue weighted by molar-refractivity contribution is 7.86. The Balaban J connectivity index is 2.18. The summed E-state index contributed by atoms with van der Waals surface area (Å²) >= 11 is 0. The van der Waals surface area contributed by atoms with Crippen molar-refractivity contribution >= 4 is 22.1 Å². The molecule has 0 spiro atoms. The summed E-state index contributed by atoms with van der Waals surface area (Å²) in [6.45, 7) is 4.38. The average molecular weight is 388 g/mol. The van der Waals surface area contributed by atoms with Gasteiger partial charge in [0.1, 0.15) is 5.75 Å². The third kappa shape index (κ3) is 6.90. The van der Waals surface area contributed by atoms with Crippen molar-refractivity contribution in [2.45, 2.75) is 32.9 Å². The van der Waals surface area contributed by atoms with Crippen LogP contribution in [-0.2, 0) is 21.5 Å². The van der Waals surface area contributed by atoms with Crippen LogP contribution in [-0.4, -0.2) is 31.5 Å². The molecular weight excluding hydrogens is 362 g/mol. The van der Waals surface area contributed by atoms with E-state index in [1.807, 2.05) is 50.2 Å². The number of carbonyl (C=O) groups is 1. The number of nitrogens with zero attached hydrogens (tertiary/aromatic N) is 1. The Kier molecular flexibility index (Phi) is 7.19. The van der Waals surface area contributed by atoms with Gasteiger partial charge in [0.2, 0.25) is 5.91 Å². The minimum absolute atomic E-state index is 0.0393. The molecule has 144 valence electrons. The molecule has 6 heteroatoms. The molecule has 0 radical (unpaired) electrons. The first-order chi connectivity index (χ1) is 12.8. The van der Waals surface area contributed by atoms with Gasteiger partial charge in [0, 0.05) is 18.7 Å². The maximum absolute atomic E-state index is 12.7. The van der Waals surface area contributed by atoms with Crippen LogP contribution >= 0.6 is 0 Å². The molecule has 27 heavy (non-hydrogen) atoms. The molecule has 2 aromatic carbocycles. The topological polar surface area (TPSA) is 63.7 Å². The van der Waals surface area contributed by atoms with Crippen LogP contribution in [0.15, 0.2) is 60.7 Å². The number of benzene rings is 2. The molecule has 0 aliphatic rings. The molecule has 5 nitrogen and oxygen atoms in total. The molecule has 0 aliphatic heterocycles. The smallest absolute Gasteiger partial charge is 0.306 e. The fourth-order valence-electron chi connectivity index (χ4n) is 2.57. The van der Waals surface area contributed by atoms with Gasteiger partial charge in [-0.25, -0.2) is 0 Å². The predicted molar refractivity (Wildman–Crippen MR) is 108 cm³/mol. The Morgan fingerprint density at radius 2 is 1.85 bits per heavy atom. The molecule has 2 aromatic rings. The monoisotopic (exact) mass is 387 g/mol. The summed E-state index contributed by atoms with van der Waals surface area (Å²) in [5.74, 6) is 0.147. The molecule has 0 fully saturated rings. The van der Waals surface area contributed by atoms with Crippen molar-refractivity contribution in [3.05, 3.63) is 71.8 Å². The first-order valence-electron chi connectivity index (χ1n) is 8.80. The van der Waals surface area contributed by atoms with Crippen LogP contribution in [0, 0.1) is 0 Å². The molecule has 0 N–H and O–H groups in total. The SMILES string of the molecule is CC[C@H](C)N(Cc1cccc(OS(C)(=O)=O)c1)C(=O)/C=C/c1ccccc1. The Bertz CT molecular complexity index is 891. The summed E-state index contributed by atoms with van der Waals surface area (Å²) in [5, 5.41) is 0. The third-order valence-corrected chi connectivity index (χ3v) is 4.62. The molecule has 1 amide bonds. The summed E-state index contributed by atoms with van der Waals surface area (Å²) in [6, 6.07) is 16.5. The minimum Gasteiger partial charge on any atom is -0.383 e. The molecule has 2 rings (SSSR count). The van der Waals surface area contributed by atoms with Crippen molar-refractivity contribution in [2.75, 3.05) is 6.26 Å². The van der Waals surface area contributed by atoms with E-state index in [4.69, 9.17) is 4.18 Å². The van der Waals surface area contributed by atoms with Crippen molar-refractivity contribution in [2.24, 2.45) is 0 Å². The van der Waals surface area contributed by atoms with E-state index in [1.165, 1.54) is 0 Å². The van der Waals surface area contributed by atoms with Gasteiger partial charge in [-0.1, -0.05) is 49.4 Å².